The molecule has 2 atom stereocenters. The van der Waals surface area contributed by atoms with Crippen molar-refractivity contribution < 1.29 is 13.2 Å². The van der Waals surface area contributed by atoms with E-state index >= 15 is 0 Å². The third-order valence-corrected chi connectivity index (χ3v) is 6.70. The van der Waals surface area contributed by atoms with Gasteiger partial charge in [-0.2, -0.15) is 0 Å². The van der Waals surface area contributed by atoms with E-state index in [1.165, 1.54) is 17.7 Å². The molecule has 5 nitrogen and oxygen atoms in total. The quantitative estimate of drug-likeness (QED) is 0.751. The molecule has 1 aliphatic carbocycles. The molecular formula is C20H22Cl2N2O3S. The van der Waals surface area contributed by atoms with Gasteiger partial charge in [0.15, 0.2) is 0 Å². The predicted octanol–water partition coefficient (Wildman–Crippen LogP) is 4.34. The van der Waals surface area contributed by atoms with Crippen molar-refractivity contribution in [1.82, 2.24) is 5.32 Å². The van der Waals surface area contributed by atoms with Crippen LogP contribution in [0.1, 0.15) is 36.9 Å². The van der Waals surface area contributed by atoms with Crippen LogP contribution in [0.3, 0.4) is 0 Å². The fourth-order valence-electron chi connectivity index (χ4n) is 3.63. The largest absolute Gasteiger partial charge is 0.347 e. The summed E-state index contributed by atoms with van der Waals surface area (Å²) < 4.78 is 26.0. The van der Waals surface area contributed by atoms with Gasteiger partial charge < -0.3 is 5.32 Å². The number of nitrogens with one attached hydrogen (secondary N) is 1. The van der Waals surface area contributed by atoms with Gasteiger partial charge in [-0.3, -0.25) is 9.10 Å². The molecule has 0 radical (unpaired) electrons. The van der Waals surface area contributed by atoms with E-state index in [1.54, 1.807) is 13.0 Å². The zero-order valence-corrected chi connectivity index (χ0v) is 18.0. The first-order valence-electron chi connectivity index (χ1n) is 9.01. The average Bonchev–Trinajstić information content (AvgIpc) is 2.64. The molecule has 0 heterocycles. The summed E-state index contributed by atoms with van der Waals surface area (Å²) >= 11 is 12.2. The number of benzene rings is 2. The minimum Gasteiger partial charge on any atom is -0.347 e. The summed E-state index contributed by atoms with van der Waals surface area (Å²) in [7, 11) is -3.77. The number of hydrogen-bond acceptors (Lipinski definition) is 3. The van der Waals surface area contributed by atoms with Crippen LogP contribution in [0, 0.1) is 0 Å². The molecule has 2 aromatic rings. The fraction of sp³-hybridized carbons (Fsp3) is 0.350. The zero-order valence-electron chi connectivity index (χ0n) is 15.7. The number of amides is 1. The minimum atomic E-state index is -3.77. The maximum absolute atomic E-state index is 13.0. The first-order chi connectivity index (χ1) is 13.2. The first kappa shape index (κ1) is 21.0. The Hall–Kier alpha value is -1.76. The van der Waals surface area contributed by atoms with E-state index in [0.29, 0.717) is 5.02 Å². The van der Waals surface area contributed by atoms with Gasteiger partial charge in [-0.05, 0) is 55.5 Å². The first-order valence-corrected chi connectivity index (χ1v) is 11.6. The number of sulfonamides is 1. The molecule has 0 aliphatic heterocycles. The summed E-state index contributed by atoms with van der Waals surface area (Å²) in [5, 5.41) is 3.55. The summed E-state index contributed by atoms with van der Waals surface area (Å²) in [6.07, 6.45) is 3.80. The van der Waals surface area contributed by atoms with Crippen LogP contribution in [-0.4, -0.2) is 26.6 Å². The van der Waals surface area contributed by atoms with Crippen LogP contribution in [0.2, 0.25) is 10.0 Å². The highest BCUT2D eigenvalue weighted by Crippen LogP contribution is 2.33. The van der Waals surface area contributed by atoms with E-state index < -0.39 is 16.1 Å². The molecule has 2 aromatic carbocycles. The summed E-state index contributed by atoms with van der Waals surface area (Å²) in [6, 6.07) is 11.4. The molecule has 1 aliphatic rings. The normalized spacial score (nSPS) is 17.5. The average molecular weight is 441 g/mol. The van der Waals surface area contributed by atoms with Crippen molar-refractivity contribution in [2.45, 2.75) is 38.3 Å². The molecule has 0 saturated carbocycles. The smallest absolute Gasteiger partial charge is 0.244 e. The van der Waals surface area contributed by atoms with Gasteiger partial charge in [0.1, 0.15) is 6.04 Å². The van der Waals surface area contributed by atoms with E-state index in [-0.39, 0.29) is 22.7 Å². The van der Waals surface area contributed by atoms with Crippen LogP contribution >= 0.6 is 23.2 Å². The third-order valence-electron chi connectivity index (χ3n) is 4.92. The van der Waals surface area contributed by atoms with Crippen LogP contribution in [0.25, 0.3) is 0 Å². The van der Waals surface area contributed by atoms with Gasteiger partial charge in [0.05, 0.1) is 23.0 Å². The van der Waals surface area contributed by atoms with Gasteiger partial charge in [-0.15, -0.1) is 0 Å². The maximum Gasteiger partial charge on any atom is 0.244 e. The van der Waals surface area contributed by atoms with Gasteiger partial charge in [0, 0.05) is 5.02 Å². The topological polar surface area (TPSA) is 66.5 Å². The van der Waals surface area contributed by atoms with E-state index in [0.717, 1.165) is 35.4 Å². The van der Waals surface area contributed by atoms with Crippen LogP contribution < -0.4 is 9.62 Å². The van der Waals surface area contributed by atoms with Crippen molar-refractivity contribution in [2.75, 3.05) is 10.6 Å². The highest BCUT2D eigenvalue weighted by Gasteiger charge is 2.32. The number of fused-ring (bicyclic) bond motifs is 1. The Balaban J connectivity index is 1.89. The van der Waals surface area contributed by atoms with E-state index in [4.69, 9.17) is 23.2 Å². The van der Waals surface area contributed by atoms with E-state index in [2.05, 4.69) is 11.4 Å². The van der Waals surface area contributed by atoms with Gasteiger partial charge in [0.25, 0.3) is 0 Å². The predicted molar refractivity (Wildman–Crippen MR) is 114 cm³/mol. The number of nitrogens with zero attached hydrogens (tertiary/aromatic N) is 1. The zero-order chi connectivity index (χ0) is 20.5. The van der Waals surface area contributed by atoms with Crippen molar-refractivity contribution in [1.29, 1.82) is 0 Å². The van der Waals surface area contributed by atoms with Gasteiger partial charge in [0.2, 0.25) is 15.9 Å². The standard InChI is InChI=1S/C20H22Cl2N2O3S/c1-13(24(28(2,26)27)19-12-15(21)10-11-17(19)22)20(25)23-18-9-5-7-14-6-3-4-8-16(14)18/h3-4,6,8,10-13,18H,5,7,9H2,1-2H3,(H,23,25)/t13-,18+/m0/s1. The molecule has 0 unspecified atom stereocenters. The molecular weight excluding hydrogens is 419 g/mol. The molecule has 0 spiro atoms. The second-order valence-electron chi connectivity index (χ2n) is 6.98. The molecule has 3 rings (SSSR count). The second-order valence-corrected chi connectivity index (χ2v) is 9.69. The SMILES string of the molecule is C[C@@H](C(=O)N[C@@H]1CCCc2ccccc21)N(c1cc(Cl)ccc1Cl)S(C)(=O)=O. The molecule has 0 saturated heterocycles. The molecule has 1 N–H and O–H groups in total. The Morgan fingerprint density at radius 1 is 1.21 bits per heavy atom. The van der Waals surface area contributed by atoms with Crippen LogP contribution in [0.15, 0.2) is 42.5 Å². The summed E-state index contributed by atoms with van der Waals surface area (Å²) in [5.41, 5.74) is 2.48. The Bertz CT molecular complexity index is 995. The van der Waals surface area contributed by atoms with Crippen LogP contribution in [0.5, 0.6) is 0 Å². The lowest BCUT2D eigenvalue weighted by Gasteiger charge is -2.32. The summed E-state index contributed by atoms with van der Waals surface area (Å²) in [6.45, 7) is 1.54. The lowest BCUT2D eigenvalue weighted by Crippen LogP contribution is -2.49. The third kappa shape index (κ3) is 4.45. The van der Waals surface area contributed by atoms with Crippen molar-refractivity contribution in [2.24, 2.45) is 0 Å². The van der Waals surface area contributed by atoms with Gasteiger partial charge >= 0.3 is 0 Å². The van der Waals surface area contributed by atoms with Crippen molar-refractivity contribution in [3.63, 3.8) is 0 Å². The molecule has 0 aromatic heterocycles. The number of rotatable bonds is 5. The monoisotopic (exact) mass is 440 g/mol. The fourth-order valence-corrected chi connectivity index (χ4v) is 5.24. The number of carbonyl (C=O) groups excluding carboxylic acids is 1. The summed E-state index contributed by atoms with van der Waals surface area (Å²) in [4.78, 5) is 13.0. The van der Waals surface area contributed by atoms with Gasteiger partial charge in [-0.1, -0.05) is 47.5 Å². The number of hydrogen-bond donors (Lipinski definition) is 1. The number of anilines is 1. The number of carbonyl (C=O) groups is 1. The van der Waals surface area contributed by atoms with E-state index in [9.17, 15) is 13.2 Å². The van der Waals surface area contributed by atoms with E-state index in [1.807, 2.05) is 18.2 Å². The van der Waals surface area contributed by atoms with Crippen LogP contribution in [-0.2, 0) is 21.2 Å². The molecule has 0 bridgehead atoms. The van der Waals surface area contributed by atoms with Crippen LogP contribution in [0.4, 0.5) is 5.69 Å². The van der Waals surface area contributed by atoms with Crippen molar-refractivity contribution in [3.8, 4) is 0 Å². The Morgan fingerprint density at radius 2 is 1.93 bits per heavy atom. The van der Waals surface area contributed by atoms with Gasteiger partial charge in [-0.25, -0.2) is 8.42 Å². The maximum atomic E-state index is 13.0. The van der Waals surface area contributed by atoms with Crippen molar-refractivity contribution >= 4 is 44.8 Å². The Morgan fingerprint density at radius 3 is 2.64 bits per heavy atom. The Kier molecular flexibility index (Phi) is 6.22. The molecule has 1 amide bonds. The number of halogens is 2. The Labute approximate surface area is 175 Å². The summed E-state index contributed by atoms with van der Waals surface area (Å²) in [5.74, 6) is -0.386. The minimum absolute atomic E-state index is 0.142. The lowest BCUT2D eigenvalue weighted by atomic mass is 9.87. The lowest BCUT2D eigenvalue weighted by molar-refractivity contribution is -0.122. The van der Waals surface area contributed by atoms with Crippen molar-refractivity contribution in [3.05, 3.63) is 63.6 Å². The number of aryl methyl sites for hydroxylation is 1. The molecule has 28 heavy (non-hydrogen) atoms. The molecule has 0 fully saturated rings. The second kappa shape index (κ2) is 8.31. The highest BCUT2D eigenvalue weighted by atomic mass is 35.5. The highest BCUT2D eigenvalue weighted by molar-refractivity contribution is 7.92. The molecule has 8 heteroatoms. The molecule has 150 valence electrons.